The van der Waals surface area contributed by atoms with Crippen LogP contribution >= 0.6 is 35.7 Å². The van der Waals surface area contributed by atoms with E-state index in [1.807, 2.05) is 30.0 Å². The third kappa shape index (κ3) is 7.52. The predicted octanol–water partition coefficient (Wildman–Crippen LogP) is 3.13. The van der Waals surface area contributed by atoms with Crippen LogP contribution in [0.4, 0.5) is 0 Å². The monoisotopic (exact) mass is 453 g/mol. The predicted molar refractivity (Wildman–Crippen MR) is 111 cm³/mol. The van der Waals surface area contributed by atoms with Crippen LogP contribution in [-0.2, 0) is 6.54 Å². The summed E-state index contributed by atoms with van der Waals surface area (Å²) in [6, 6.07) is 5.88. The molecule has 0 saturated carbocycles. The summed E-state index contributed by atoms with van der Waals surface area (Å²) in [7, 11) is 5.05. The fraction of sp³-hybridized carbons (Fsp3) is 0.562. The maximum Gasteiger partial charge on any atom is 0.191 e. The number of hydrogen-bond donors (Lipinski definition) is 2. The highest BCUT2D eigenvalue weighted by Gasteiger charge is 2.16. The molecule has 0 fully saturated rings. The van der Waals surface area contributed by atoms with Crippen molar-refractivity contribution in [2.24, 2.45) is 4.99 Å². The fourth-order valence-corrected chi connectivity index (χ4v) is 1.98. The second-order valence-electron chi connectivity index (χ2n) is 5.43. The maximum absolute atomic E-state index is 5.32. The van der Waals surface area contributed by atoms with E-state index in [9.17, 15) is 0 Å². The molecule has 0 spiro atoms. The Morgan fingerprint density at radius 2 is 1.83 bits per heavy atom. The minimum Gasteiger partial charge on any atom is -0.493 e. The van der Waals surface area contributed by atoms with E-state index in [2.05, 4.69) is 35.7 Å². The van der Waals surface area contributed by atoms with Crippen molar-refractivity contribution in [3.63, 3.8) is 0 Å². The first-order valence-electron chi connectivity index (χ1n) is 7.16. The van der Waals surface area contributed by atoms with Gasteiger partial charge in [-0.2, -0.15) is 11.8 Å². The van der Waals surface area contributed by atoms with Crippen LogP contribution < -0.4 is 20.1 Å². The first-order valence-corrected chi connectivity index (χ1v) is 8.38. The maximum atomic E-state index is 5.32. The summed E-state index contributed by atoms with van der Waals surface area (Å²) in [4.78, 5) is 4.25. The first-order chi connectivity index (χ1) is 10.5. The molecule has 0 atom stereocenters. The molecule has 1 aromatic rings. The van der Waals surface area contributed by atoms with Crippen LogP contribution in [0.15, 0.2) is 23.2 Å². The lowest BCUT2D eigenvalue weighted by molar-refractivity contribution is 0.354. The first kappa shape index (κ1) is 22.2. The summed E-state index contributed by atoms with van der Waals surface area (Å²) in [5.41, 5.74) is 1.10. The summed E-state index contributed by atoms with van der Waals surface area (Å²) >= 11 is 1.83. The Morgan fingerprint density at radius 3 is 2.35 bits per heavy atom. The van der Waals surface area contributed by atoms with Gasteiger partial charge in [0.1, 0.15) is 0 Å². The molecular formula is C16H28IN3O2S. The lowest BCUT2D eigenvalue weighted by Gasteiger charge is -2.23. The number of nitrogens with one attached hydrogen (secondary N) is 2. The molecule has 0 amide bonds. The number of hydrogen-bond acceptors (Lipinski definition) is 4. The molecule has 5 nitrogen and oxygen atoms in total. The zero-order chi connectivity index (χ0) is 16.6. The van der Waals surface area contributed by atoms with Gasteiger partial charge in [0.25, 0.3) is 0 Å². The van der Waals surface area contributed by atoms with Crippen LogP contribution in [0, 0.1) is 0 Å². The summed E-state index contributed by atoms with van der Waals surface area (Å²) in [5.74, 6) is 2.25. The van der Waals surface area contributed by atoms with Crippen molar-refractivity contribution < 1.29 is 9.47 Å². The second kappa shape index (κ2) is 10.9. The minimum absolute atomic E-state index is 0. The minimum atomic E-state index is 0. The van der Waals surface area contributed by atoms with Crippen LogP contribution in [0.1, 0.15) is 19.4 Å². The molecule has 0 bridgehead atoms. The third-order valence-electron chi connectivity index (χ3n) is 3.37. The molecule has 0 aliphatic rings. The number of nitrogens with zero attached hydrogens (tertiary/aromatic N) is 1. The Balaban J connectivity index is 0.00000484. The molecule has 1 rings (SSSR count). The van der Waals surface area contributed by atoms with E-state index in [-0.39, 0.29) is 28.7 Å². The van der Waals surface area contributed by atoms with Crippen molar-refractivity contribution in [2.75, 3.05) is 34.1 Å². The molecule has 0 aliphatic carbocycles. The quantitative estimate of drug-likeness (QED) is 0.378. The van der Waals surface area contributed by atoms with Gasteiger partial charge < -0.3 is 20.1 Å². The van der Waals surface area contributed by atoms with Gasteiger partial charge in [0, 0.05) is 24.9 Å². The average molecular weight is 453 g/mol. The number of thioether (sulfide) groups is 1. The summed E-state index contributed by atoms with van der Waals surface area (Å²) in [6.45, 7) is 5.91. The average Bonchev–Trinajstić information content (AvgIpc) is 2.54. The van der Waals surface area contributed by atoms with Crippen LogP contribution in [0.3, 0.4) is 0 Å². The molecule has 2 N–H and O–H groups in total. The van der Waals surface area contributed by atoms with E-state index in [1.54, 1.807) is 21.3 Å². The van der Waals surface area contributed by atoms with Gasteiger partial charge in [0.05, 0.1) is 14.2 Å². The zero-order valence-corrected chi connectivity index (χ0v) is 17.9. The molecule has 0 heterocycles. The van der Waals surface area contributed by atoms with Crippen molar-refractivity contribution in [3.8, 4) is 11.5 Å². The number of rotatable bonds is 7. The Kier molecular flexibility index (Phi) is 10.5. The van der Waals surface area contributed by atoms with Gasteiger partial charge in [0.2, 0.25) is 0 Å². The number of benzene rings is 1. The van der Waals surface area contributed by atoms with Gasteiger partial charge in [-0.1, -0.05) is 6.07 Å². The standard InChI is InChI=1S/C16H27N3O2S.HI/c1-16(2,22-6)11-19-15(17-3)18-10-12-7-8-13(20-4)14(9-12)21-5;/h7-9H,10-11H2,1-6H3,(H2,17,18,19);1H. The number of halogens is 1. The van der Waals surface area contributed by atoms with Gasteiger partial charge >= 0.3 is 0 Å². The van der Waals surface area contributed by atoms with Gasteiger partial charge in [-0.05, 0) is 37.8 Å². The molecule has 23 heavy (non-hydrogen) atoms. The topological polar surface area (TPSA) is 54.9 Å². The van der Waals surface area contributed by atoms with E-state index in [4.69, 9.17) is 9.47 Å². The Bertz CT molecular complexity index is 510. The van der Waals surface area contributed by atoms with Crippen LogP contribution in [-0.4, -0.2) is 44.8 Å². The van der Waals surface area contributed by atoms with E-state index < -0.39 is 0 Å². The SMILES string of the molecule is CN=C(NCc1ccc(OC)c(OC)c1)NCC(C)(C)SC.I. The Hall–Kier alpha value is -0.830. The molecule has 0 aromatic heterocycles. The largest absolute Gasteiger partial charge is 0.493 e. The Morgan fingerprint density at radius 1 is 1.17 bits per heavy atom. The second-order valence-corrected chi connectivity index (χ2v) is 6.95. The van der Waals surface area contributed by atoms with Crippen LogP contribution in [0.25, 0.3) is 0 Å². The van der Waals surface area contributed by atoms with Crippen LogP contribution in [0.2, 0.25) is 0 Å². The summed E-state index contributed by atoms with van der Waals surface area (Å²) in [5, 5.41) is 6.65. The highest BCUT2D eigenvalue weighted by molar-refractivity contribution is 14.0. The van der Waals surface area contributed by atoms with Gasteiger partial charge in [-0.3, -0.25) is 4.99 Å². The van der Waals surface area contributed by atoms with Crippen molar-refractivity contribution in [1.29, 1.82) is 0 Å². The lowest BCUT2D eigenvalue weighted by Crippen LogP contribution is -2.42. The molecule has 0 aliphatic heterocycles. The molecule has 132 valence electrons. The summed E-state index contributed by atoms with van der Waals surface area (Å²) in [6.07, 6.45) is 2.11. The normalized spacial score (nSPS) is 11.5. The zero-order valence-electron chi connectivity index (χ0n) is 14.7. The van der Waals surface area contributed by atoms with Gasteiger partial charge in [-0.25, -0.2) is 0 Å². The van der Waals surface area contributed by atoms with E-state index in [0.717, 1.165) is 29.6 Å². The van der Waals surface area contributed by atoms with Crippen LogP contribution in [0.5, 0.6) is 11.5 Å². The van der Waals surface area contributed by atoms with E-state index in [1.165, 1.54) is 0 Å². The number of ether oxygens (including phenoxy) is 2. The molecule has 7 heteroatoms. The highest BCUT2D eigenvalue weighted by atomic mass is 127. The van der Waals surface area contributed by atoms with Gasteiger partial charge in [-0.15, -0.1) is 24.0 Å². The summed E-state index contributed by atoms with van der Waals surface area (Å²) < 4.78 is 10.7. The third-order valence-corrected chi connectivity index (χ3v) is 4.62. The lowest BCUT2D eigenvalue weighted by atomic mass is 10.2. The molecule has 1 aromatic carbocycles. The fourth-order valence-electron chi connectivity index (χ4n) is 1.77. The smallest absolute Gasteiger partial charge is 0.191 e. The van der Waals surface area contributed by atoms with E-state index in [0.29, 0.717) is 6.54 Å². The van der Waals surface area contributed by atoms with Crippen molar-refractivity contribution in [1.82, 2.24) is 10.6 Å². The highest BCUT2D eigenvalue weighted by Crippen LogP contribution is 2.27. The number of methoxy groups -OCH3 is 2. The molecule has 0 unspecified atom stereocenters. The number of aliphatic imine (C=N–C) groups is 1. The molecule has 0 saturated heterocycles. The van der Waals surface area contributed by atoms with Gasteiger partial charge in [0.15, 0.2) is 17.5 Å². The van der Waals surface area contributed by atoms with E-state index >= 15 is 0 Å². The molecular weight excluding hydrogens is 425 g/mol. The Labute approximate surface area is 161 Å². The van der Waals surface area contributed by atoms with Crippen molar-refractivity contribution >= 4 is 41.7 Å². The molecule has 0 radical (unpaired) electrons. The number of guanidine groups is 1. The van der Waals surface area contributed by atoms with Crippen molar-refractivity contribution in [2.45, 2.75) is 25.1 Å². The van der Waals surface area contributed by atoms with Crippen molar-refractivity contribution in [3.05, 3.63) is 23.8 Å².